The largest absolute Gasteiger partial charge is 0.375 e. The third kappa shape index (κ3) is 5.56. The molecule has 0 aromatic rings. The second kappa shape index (κ2) is 6.55. The first-order chi connectivity index (χ1) is 4.81. The van der Waals surface area contributed by atoms with Crippen molar-refractivity contribution in [2.45, 2.75) is 19.8 Å². The van der Waals surface area contributed by atoms with Crippen molar-refractivity contribution < 1.29 is 9.53 Å². The number of ether oxygens (including phenoxy) is 1. The second-order valence-corrected chi connectivity index (χ2v) is 2.14. The van der Waals surface area contributed by atoms with E-state index in [1.807, 2.05) is 0 Å². The molecule has 3 nitrogen and oxygen atoms in total. The number of rotatable bonds is 5. The molecule has 0 atom stereocenters. The molecule has 0 aliphatic rings. The first-order valence-electron chi connectivity index (χ1n) is 3.57. The van der Waals surface area contributed by atoms with Gasteiger partial charge in [-0.15, -0.1) is 0 Å². The number of amides is 1. The summed E-state index contributed by atoms with van der Waals surface area (Å²) in [5, 5.41) is 2.72. The molecule has 0 aromatic heterocycles. The summed E-state index contributed by atoms with van der Waals surface area (Å²) in [5.41, 5.74) is 0. The van der Waals surface area contributed by atoms with Crippen LogP contribution in [0.1, 0.15) is 19.8 Å². The summed E-state index contributed by atoms with van der Waals surface area (Å²) in [4.78, 5) is 10.7. The summed E-state index contributed by atoms with van der Waals surface area (Å²) in [6, 6.07) is 0. The number of hydrogen-bond donors (Lipinski definition) is 1. The van der Waals surface area contributed by atoms with Crippen LogP contribution in [-0.2, 0) is 9.53 Å². The minimum absolute atomic E-state index is 0.0315. The molecular formula is C7H15NO2. The Morgan fingerprint density at radius 3 is 2.80 bits per heavy atom. The molecule has 0 unspecified atom stereocenters. The van der Waals surface area contributed by atoms with Crippen molar-refractivity contribution in [3.63, 3.8) is 0 Å². The Hall–Kier alpha value is -0.570. The highest BCUT2D eigenvalue weighted by Gasteiger charge is 1.95. The Balaban J connectivity index is 3.05. The summed E-state index contributed by atoms with van der Waals surface area (Å²) in [7, 11) is 1.51. The third-order valence-electron chi connectivity index (χ3n) is 1.13. The van der Waals surface area contributed by atoms with Crippen molar-refractivity contribution in [2.24, 2.45) is 0 Å². The molecule has 0 aliphatic carbocycles. The third-order valence-corrected chi connectivity index (χ3v) is 1.13. The average molecular weight is 145 g/mol. The summed E-state index contributed by atoms with van der Waals surface area (Å²) in [5.74, 6) is -0.0315. The van der Waals surface area contributed by atoms with Gasteiger partial charge >= 0.3 is 0 Å². The lowest BCUT2D eigenvalue weighted by Crippen LogP contribution is -2.27. The number of methoxy groups -OCH3 is 1. The predicted molar refractivity (Wildman–Crippen MR) is 39.8 cm³/mol. The van der Waals surface area contributed by atoms with Gasteiger partial charge in [-0.2, -0.15) is 0 Å². The van der Waals surface area contributed by atoms with Crippen molar-refractivity contribution in [1.29, 1.82) is 0 Å². The van der Waals surface area contributed by atoms with Gasteiger partial charge in [-0.25, -0.2) is 0 Å². The molecule has 1 amide bonds. The van der Waals surface area contributed by atoms with E-state index in [0.717, 1.165) is 19.4 Å². The Kier molecular flexibility index (Phi) is 6.18. The standard InChI is InChI=1S/C7H15NO2/c1-3-4-5-8-7(9)6-10-2/h3-6H2,1-2H3,(H,8,9). The van der Waals surface area contributed by atoms with E-state index in [9.17, 15) is 4.79 Å². The maximum Gasteiger partial charge on any atom is 0.245 e. The van der Waals surface area contributed by atoms with Gasteiger partial charge in [0.25, 0.3) is 0 Å². The average Bonchev–Trinajstić information content (AvgIpc) is 1.89. The highest BCUT2D eigenvalue weighted by molar-refractivity contribution is 5.77. The van der Waals surface area contributed by atoms with Crippen molar-refractivity contribution >= 4 is 5.91 Å². The van der Waals surface area contributed by atoms with Crippen LogP contribution in [0.25, 0.3) is 0 Å². The van der Waals surface area contributed by atoms with Crippen LogP contribution in [0.5, 0.6) is 0 Å². The van der Waals surface area contributed by atoms with E-state index in [4.69, 9.17) is 0 Å². The van der Waals surface area contributed by atoms with Gasteiger partial charge in [-0.05, 0) is 6.42 Å². The minimum atomic E-state index is -0.0315. The molecule has 0 rings (SSSR count). The van der Waals surface area contributed by atoms with E-state index in [-0.39, 0.29) is 12.5 Å². The molecule has 0 fully saturated rings. The highest BCUT2D eigenvalue weighted by atomic mass is 16.5. The fraction of sp³-hybridized carbons (Fsp3) is 0.857. The number of hydrogen-bond acceptors (Lipinski definition) is 2. The molecule has 0 saturated carbocycles. The SMILES string of the molecule is CCCCNC(=O)COC. The molecular weight excluding hydrogens is 130 g/mol. The topological polar surface area (TPSA) is 38.3 Å². The van der Waals surface area contributed by atoms with Gasteiger partial charge in [-0.1, -0.05) is 13.3 Å². The van der Waals surface area contributed by atoms with E-state index in [1.165, 1.54) is 7.11 Å². The van der Waals surface area contributed by atoms with Gasteiger partial charge in [0.15, 0.2) is 0 Å². The van der Waals surface area contributed by atoms with Crippen LogP contribution in [-0.4, -0.2) is 26.2 Å². The number of carbonyl (C=O) groups excluding carboxylic acids is 1. The Morgan fingerprint density at radius 1 is 1.60 bits per heavy atom. The molecule has 0 aliphatic heterocycles. The smallest absolute Gasteiger partial charge is 0.245 e. The monoisotopic (exact) mass is 145 g/mol. The lowest BCUT2D eigenvalue weighted by Gasteiger charge is -2.01. The first kappa shape index (κ1) is 9.43. The summed E-state index contributed by atoms with van der Waals surface area (Å²) in [6.45, 7) is 3.02. The van der Waals surface area contributed by atoms with Gasteiger partial charge in [0.1, 0.15) is 6.61 Å². The van der Waals surface area contributed by atoms with E-state index in [1.54, 1.807) is 0 Å². The van der Waals surface area contributed by atoms with Crippen LogP contribution in [0.3, 0.4) is 0 Å². The van der Waals surface area contributed by atoms with E-state index >= 15 is 0 Å². The zero-order valence-electron chi connectivity index (χ0n) is 6.64. The normalized spacial score (nSPS) is 9.40. The zero-order valence-corrected chi connectivity index (χ0v) is 6.64. The summed E-state index contributed by atoms with van der Waals surface area (Å²) in [6.07, 6.45) is 2.14. The van der Waals surface area contributed by atoms with Crippen LogP contribution < -0.4 is 5.32 Å². The van der Waals surface area contributed by atoms with Crippen LogP contribution in [0.4, 0.5) is 0 Å². The quantitative estimate of drug-likeness (QED) is 0.574. The molecule has 0 radical (unpaired) electrons. The highest BCUT2D eigenvalue weighted by Crippen LogP contribution is 1.81. The Morgan fingerprint density at radius 2 is 2.30 bits per heavy atom. The molecule has 60 valence electrons. The lowest BCUT2D eigenvalue weighted by molar-refractivity contribution is -0.124. The van der Waals surface area contributed by atoms with E-state index in [2.05, 4.69) is 17.0 Å². The Labute approximate surface area is 61.8 Å². The predicted octanol–water partition coefficient (Wildman–Crippen LogP) is 0.549. The second-order valence-electron chi connectivity index (χ2n) is 2.14. The van der Waals surface area contributed by atoms with E-state index < -0.39 is 0 Å². The lowest BCUT2D eigenvalue weighted by atomic mass is 10.3. The molecule has 0 saturated heterocycles. The molecule has 1 N–H and O–H groups in total. The number of unbranched alkanes of at least 4 members (excludes halogenated alkanes) is 1. The molecule has 0 heterocycles. The fourth-order valence-electron chi connectivity index (χ4n) is 0.587. The van der Waals surface area contributed by atoms with Crippen molar-refractivity contribution in [3.05, 3.63) is 0 Å². The van der Waals surface area contributed by atoms with Crippen LogP contribution in [0, 0.1) is 0 Å². The minimum Gasteiger partial charge on any atom is -0.375 e. The molecule has 3 heteroatoms. The van der Waals surface area contributed by atoms with Crippen LogP contribution in [0.15, 0.2) is 0 Å². The number of nitrogens with one attached hydrogen (secondary N) is 1. The van der Waals surface area contributed by atoms with Gasteiger partial charge in [0, 0.05) is 13.7 Å². The Bertz CT molecular complexity index is 93.6. The zero-order chi connectivity index (χ0) is 7.82. The molecule has 0 aromatic carbocycles. The number of carbonyl (C=O) groups is 1. The van der Waals surface area contributed by atoms with Gasteiger partial charge < -0.3 is 10.1 Å². The van der Waals surface area contributed by atoms with Gasteiger partial charge in [0.2, 0.25) is 5.91 Å². The maximum absolute atomic E-state index is 10.7. The van der Waals surface area contributed by atoms with Crippen LogP contribution >= 0.6 is 0 Å². The molecule has 0 spiro atoms. The van der Waals surface area contributed by atoms with Crippen LogP contribution in [0.2, 0.25) is 0 Å². The summed E-state index contributed by atoms with van der Waals surface area (Å²) < 4.78 is 4.62. The van der Waals surface area contributed by atoms with Crippen molar-refractivity contribution in [2.75, 3.05) is 20.3 Å². The first-order valence-corrected chi connectivity index (χ1v) is 3.57. The fourth-order valence-corrected chi connectivity index (χ4v) is 0.587. The maximum atomic E-state index is 10.7. The van der Waals surface area contributed by atoms with Gasteiger partial charge in [0.05, 0.1) is 0 Å². The molecule has 0 bridgehead atoms. The van der Waals surface area contributed by atoms with E-state index in [0.29, 0.717) is 0 Å². The van der Waals surface area contributed by atoms with Gasteiger partial charge in [-0.3, -0.25) is 4.79 Å². The van der Waals surface area contributed by atoms with Crippen molar-refractivity contribution in [3.8, 4) is 0 Å². The van der Waals surface area contributed by atoms with Crippen molar-refractivity contribution in [1.82, 2.24) is 5.32 Å². The summed E-state index contributed by atoms with van der Waals surface area (Å²) >= 11 is 0. The molecule has 10 heavy (non-hydrogen) atoms.